The molecular weight excluding hydrogens is 623 g/mol. The normalized spacial score (nSPS) is 15.3. The lowest BCUT2D eigenvalue weighted by Crippen LogP contribution is -2.50. The molecule has 2 atom stereocenters. The maximum Gasteiger partial charge on any atom is 0.416 e. The second-order valence-electron chi connectivity index (χ2n) is 11.6. The molecule has 11 heteroatoms. The van der Waals surface area contributed by atoms with Gasteiger partial charge in [-0.3, -0.25) is 14.5 Å². The van der Waals surface area contributed by atoms with Crippen LogP contribution in [0.25, 0.3) is 11.1 Å². The number of amides is 2. The number of carbonyl (C=O) groups excluding carboxylic acids is 3. The van der Waals surface area contributed by atoms with Gasteiger partial charge in [0.2, 0.25) is 5.91 Å². The van der Waals surface area contributed by atoms with Gasteiger partial charge in [0.05, 0.1) is 19.3 Å². The number of nitrogens with one attached hydrogen (secondary N) is 2. The standard InChI is InChI=1S/C37H36F3N3O5/c1-48-36(47)32(23-44)42-35(46)33(27-7-3-2-4-8-27)43-21-19-25(20-22-43)24-13-17-29(18-14-24)41-34(45)31-10-6-5-9-30(31)26-11-15-28(16-12-26)37(38,39)40/h2-18,25,32-33,44H,19-23H2,1H3,(H,41,45)(H,42,46). The van der Waals surface area contributed by atoms with E-state index in [1.807, 2.05) is 54.6 Å². The van der Waals surface area contributed by atoms with Gasteiger partial charge < -0.3 is 20.5 Å². The summed E-state index contributed by atoms with van der Waals surface area (Å²) in [5.74, 6) is -1.29. The summed E-state index contributed by atoms with van der Waals surface area (Å²) in [4.78, 5) is 40.8. The van der Waals surface area contributed by atoms with Crippen molar-refractivity contribution in [1.82, 2.24) is 10.2 Å². The zero-order valence-corrected chi connectivity index (χ0v) is 26.2. The van der Waals surface area contributed by atoms with Gasteiger partial charge in [-0.15, -0.1) is 0 Å². The SMILES string of the molecule is COC(=O)C(CO)NC(=O)C(c1ccccc1)N1CCC(c2ccc(NC(=O)c3ccccc3-c3ccc(C(F)(F)F)cc3)cc2)CC1. The maximum atomic E-state index is 13.4. The van der Waals surface area contributed by atoms with E-state index in [4.69, 9.17) is 4.74 Å². The molecule has 1 aliphatic rings. The lowest BCUT2D eigenvalue weighted by atomic mass is 9.88. The number of piperidine rings is 1. The average molecular weight is 660 g/mol. The van der Waals surface area contributed by atoms with E-state index in [-0.39, 0.29) is 11.8 Å². The van der Waals surface area contributed by atoms with Crippen molar-refractivity contribution in [3.05, 3.63) is 125 Å². The van der Waals surface area contributed by atoms with Crippen LogP contribution in [0.15, 0.2) is 103 Å². The summed E-state index contributed by atoms with van der Waals surface area (Å²) in [5.41, 5.74) is 3.04. The zero-order chi connectivity index (χ0) is 34.3. The third-order valence-electron chi connectivity index (χ3n) is 8.58. The fourth-order valence-electron chi connectivity index (χ4n) is 6.04. The number of alkyl halides is 3. The Morgan fingerprint density at radius 2 is 1.50 bits per heavy atom. The van der Waals surface area contributed by atoms with E-state index in [1.165, 1.54) is 19.2 Å². The summed E-state index contributed by atoms with van der Waals surface area (Å²) in [7, 11) is 1.20. The molecule has 0 radical (unpaired) electrons. The number of anilines is 1. The molecule has 4 aromatic carbocycles. The van der Waals surface area contributed by atoms with E-state index in [0.717, 1.165) is 36.1 Å². The zero-order valence-electron chi connectivity index (χ0n) is 26.2. The second-order valence-corrected chi connectivity index (χ2v) is 11.6. The minimum atomic E-state index is -4.45. The quantitative estimate of drug-likeness (QED) is 0.175. The van der Waals surface area contributed by atoms with Gasteiger partial charge in [0.15, 0.2) is 6.04 Å². The van der Waals surface area contributed by atoms with Crippen LogP contribution >= 0.6 is 0 Å². The average Bonchev–Trinajstić information content (AvgIpc) is 3.11. The van der Waals surface area contributed by atoms with Crippen LogP contribution in [0.2, 0.25) is 0 Å². The van der Waals surface area contributed by atoms with E-state index >= 15 is 0 Å². The van der Waals surface area contributed by atoms with Crippen molar-refractivity contribution in [3.63, 3.8) is 0 Å². The number of aliphatic hydroxyl groups excluding tert-OH is 1. The Hall–Kier alpha value is -5.00. The number of hydrogen-bond donors (Lipinski definition) is 3. The summed E-state index contributed by atoms with van der Waals surface area (Å²) in [6.07, 6.45) is -2.91. The van der Waals surface area contributed by atoms with Gasteiger partial charge in [-0.25, -0.2) is 4.79 Å². The third-order valence-corrected chi connectivity index (χ3v) is 8.58. The number of carbonyl (C=O) groups is 3. The van der Waals surface area contributed by atoms with Crippen LogP contribution in [-0.2, 0) is 20.5 Å². The highest BCUT2D eigenvalue weighted by Gasteiger charge is 2.34. The Balaban J connectivity index is 1.23. The number of ether oxygens (including phenoxy) is 1. The molecule has 0 aliphatic carbocycles. The first kappa shape index (κ1) is 34.3. The number of hydrogen-bond acceptors (Lipinski definition) is 6. The lowest BCUT2D eigenvalue weighted by Gasteiger charge is -2.37. The van der Waals surface area contributed by atoms with Crippen molar-refractivity contribution in [1.29, 1.82) is 0 Å². The number of nitrogens with zero attached hydrogens (tertiary/aromatic N) is 1. The molecule has 2 unspecified atom stereocenters. The van der Waals surface area contributed by atoms with E-state index < -0.39 is 42.3 Å². The number of benzene rings is 4. The van der Waals surface area contributed by atoms with E-state index in [0.29, 0.717) is 35.5 Å². The number of aliphatic hydroxyl groups is 1. The Labute approximate surface area is 276 Å². The Kier molecular flexibility index (Phi) is 10.9. The molecule has 2 amide bonds. The Morgan fingerprint density at radius 3 is 2.10 bits per heavy atom. The minimum Gasteiger partial charge on any atom is -0.467 e. The molecule has 0 saturated carbocycles. The van der Waals surface area contributed by atoms with Crippen molar-refractivity contribution < 1.29 is 37.4 Å². The third kappa shape index (κ3) is 8.10. The van der Waals surface area contributed by atoms with Gasteiger partial charge >= 0.3 is 12.1 Å². The van der Waals surface area contributed by atoms with Crippen LogP contribution in [0.1, 0.15) is 51.8 Å². The van der Waals surface area contributed by atoms with Crippen molar-refractivity contribution in [3.8, 4) is 11.1 Å². The molecule has 0 spiro atoms. The van der Waals surface area contributed by atoms with Crippen molar-refractivity contribution in [2.45, 2.75) is 37.0 Å². The molecule has 0 bridgehead atoms. The largest absolute Gasteiger partial charge is 0.467 e. The summed E-state index contributed by atoms with van der Waals surface area (Å²) in [6, 6.07) is 26.5. The van der Waals surface area contributed by atoms with Crippen molar-refractivity contribution in [2.24, 2.45) is 0 Å². The van der Waals surface area contributed by atoms with Crippen LogP contribution < -0.4 is 10.6 Å². The summed E-state index contributed by atoms with van der Waals surface area (Å²) < 4.78 is 43.8. The van der Waals surface area contributed by atoms with Crippen LogP contribution in [0.5, 0.6) is 0 Å². The molecule has 8 nitrogen and oxygen atoms in total. The monoisotopic (exact) mass is 659 g/mol. The number of esters is 1. The number of rotatable bonds is 10. The highest BCUT2D eigenvalue weighted by atomic mass is 19.4. The van der Waals surface area contributed by atoms with Gasteiger partial charge in [0.1, 0.15) is 6.04 Å². The predicted molar refractivity (Wildman–Crippen MR) is 175 cm³/mol. The van der Waals surface area contributed by atoms with Crippen LogP contribution in [0, 0.1) is 0 Å². The van der Waals surface area contributed by atoms with Crippen LogP contribution in [-0.4, -0.2) is 60.6 Å². The first-order valence-electron chi connectivity index (χ1n) is 15.5. The topological polar surface area (TPSA) is 108 Å². The molecule has 5 rings (SSSR count). The highest BCUT2D eigenvalue weighted by Crippen LogP contribution is 2.34. The molecule has 1 heterocycles. The van der Waals surface area contributed by atoms with Gasteiger partial charge in [-0.05, 0) is 84.4 Å². The van der Waals surface area contributed by atoms with E-state index in [1.54, 1.807) is 24.3 Å². The molecule has 250 valence electrons. The molecule has 1 saturated heterocycles. The highest BCUT2D eigenvalue weighted by molar-refractivity contribution is 6.08. The first-order valence-corrected chi connectivity index (χ1v) is 15.5. The number of halogens is 3. The summed E-state index contributed by atoms with van der Waals surface area (Å²) in [6.45, 7) is 0.641. The van der Waals surface area contributed by atoms with Crippen LogP contribution in [0.3, 0.4) is 0 Å². The molecule has 48 heavy (non-hydrogen) atoms. The maximum absolute atomic E-state index is 13.4. The molecule has 4 aromatic rings. The van der Waals surface area contributed by atoms with Gasteiger partial charge in [-0.1, -0.05) is 72.8 Å². The number of likely N-dealkylation sites (tertiary alicyclic amines) is 1. The minimum absolute atomic E-state index is 0.214. The smallest absolute Gasteiger partial charge is 0.416 e. The Morgan fingerprint density at radius 1 is 0.875 bits per heavy atom. The summed E-state index contributed by atoms with van der Waals surface area (Å²) in [5, 5.41) is 15.2. The lowest BCUT2D eigenvalue weighted by molar-refractivity contribution is -0.147. The molecule has 1 aliphatic heterocycles. The fourth-order valence-corrected chi connectivity index (χ4v) is 6.04. The first-order chi connectivity index (χ1) is 23.1. The molecular formula is C37H36F3N3O5. The second kappa shape index (κ2) is 15.3. The number of methoxy groups -OCH3 is 1. The fraction of sp³-hybridized carbons (Fsp3) is 0.270. The van der Waals surface area contributed by atoms with E-state index in [2.05, 4.69) is 15.5 Å². The predicted octanol–water partition coefficient (Wildman–Crippen LogP) is 6.20. The van der Waals surface area contributed by atoms with Gasteiger partial charge in [0.25, 0.3) is 5.91 Å². The van der Waals surface area contributed by atoms with Crippen LogP contribution in [0.4, 0.5) is 18.9 Å². The Bertz CT molecular complexity index is 1710. The molecule has 1 fully saturated rings. The van der Waals surface area contributed by atoms with E-state index in [9.17, 15) is 32.7 Å². The molecule has 3 N–H and O–H groups in total. The summed E-state index contributed by atoms with van der Waals surface area (Å²) >= 11 is 0. The van der Waals surface area contributed by atoms with Gasteiger partial charge in [-0.2, -0.15) is 13.2 Å². The van der Waals surface area contributed by atoms with Gasteiger partial charge in [0, 0.05) is 11.3 Å². The van der Waals surface area contributed by atoms with Crippen molar-refractivity contribution >= 4 is 23.5 Å². The van der Waals surface area contributed by atoms with Crippen molar-refractivity contribution in [2.75, 3.05) is 32.1 Å². The molecule has 0 aromatic heterocycles.